The summed E-state index contributed by atoms with van der Waals surface area (Å²) in [5.41, 5.74) is 0.671. The molecular formula is C14H23N3O2S. The molecule has 1 aromatic heterocycles. The lowest BCUT2D eigenvalue weighted by Crippen LogP contribution is -2.43. The van der Waals surface area contributed by atoms with E-state index >= 15 is 0 Å². The zero-order valence-corrected chi connectivity index (χ0v) is 13.6. The normalized spacial score (nSPS) is 23.8. The van der Waals surface area contributed by atoms with Gasteiger partial charge in [0.1, 0.15) is 0 Å². The Bertz CT molecular complexity index is 496. The van der Waals surface area contributed by atoms with Gasteiger partial charge in [-0.25, -0.2) is 4.98 Å². The lowest BCUT2D eigenvalue weighted by Gasteiger charge is -2.27. The molecule has 1 atom stereocenters. The molecule has 0 bridgehead atoms. The summed E-state index contributed by atoms with van der Waals surface area (Å²) in [6.45, 7) is 10.6. The van der Waals surface area contributed by atoms with Gasteiger partial charge in [0.2, 0.25) is 5.91 Å². The van der Waals surface area contributed by atoms with Crippen LogP contribution in [0.5, 0.6) is 0 Å². The molecule has 0 aromatic carbocycles. The van der Waals surface area contributed by atoms with Gasteiger partial charge in [0, 0.05) is 24.9 Å². The molecule has 1 aliphatic heterocycles. The van der Waals surface area contributed by atoms with E-state index in [4.69, 9.17) is 4.74 Å². The van der Waals surface area contributed by atoms with Crippen LogP contribution in [0.15, 0.2) is 5.38 Å². The minimum absolute atomic E-state index is 0.0917. The van der Waals surface area contributed by atoms with Gasteiger partial charge in [0.15, 0.2) is 5.13 Å². The van der Waals surface area contributed by atoms with Gasteiger partial charge in [0.25, 0.3) is 0 Å². The van der Waals surface area contributed by atoms with Gasteiger partial charge in [-0.15, -0.1) is 11.3 Å². The number of hydrogen-bond acceptors (Lipinski definition) is 5. The first-order chi connectivity index (χ1) is 9.18. The average Bonchev–Trinajstić information content (AvgIpc) is 2.76. The third kappa shape index (κ3) is 3.77. The summed E-state index contributed by atoms with van der Waals surface area (Å²) in [7, 11) is 0. The molecule has 0 saturated carbocycles. The molecular weight excluding hydrogens is 274 g/mol. The number of anilines is 1. The van der Waals surface area contributed by atoms with Crippen molar-refractivity contribution in [2.75, 3.05) is 5.32 Å². The highest BCUT2D eigenvalue weighted by Crippen LogP contribution is 2.37. The van der Waals surface area contributed by atoms with Gasteiger partial charge >= 0.3 is 0 Å². The second-order valence-corrected chi connectivity index (χ2v) is 7.29. The molecule has 1 aliphatic rings. The Labute approximate surface area is 124 Å². The van der Waals surface area contributed by atoms with Crippen LogP contribution < -0.4 is 10.6 Å². The predicted octanol–water partition coefficient (Wildman–Crippen LogP) is 2.54. The quantitative estimate of drug-likeness (QED) is 0.896. The largest absolute Gasteiger partial charge is 0.368 e. The molecule has 1 saturated heterocycles. The van der Waals surface area contributed by atoms with Crippen molar-refractivity contribution in [3.05, 3.63) is 11.1 Å². The van der Waals surface area contributed by atoms with Crippen molar-refractivity contribution in [2.24, 2.45) is 0 Å². The van der Waals surface area contributed by atoms with Crippen molar-refractivity contribution in [2.45, 2.75) is 64.8 Å². The maximum Gasteiger partial charge on any atom is 0.223 e. The molecule has 2 N–H and O–H groups in total. The Kier molecular flexibility index (Phi) is 4.18. The number of nitrogens with zero attached hydrogens (tertiary/aromatic N) is 1. The number of rotatable bonds is 4. The maximum absolute atomic E-state index is 11.0. The number of amides is 1. The van der Waals surface area contributed by atoms with E-state index in [9.17, 15) is 4.79 Å². The molecule has 2 rings (SSSR count). The summed E-state index contributed by atoms with van der Waals surface area (Å²) in [6.07, 6.45) is 0.975. The van der Waals surface area contributed by atoms with Gasteiger partial charge < -0.3 is 15.4 Å². The molecule has 0 radical (unpaired) electrons. The first-order valence-corrected chi connectivity index (χ1v) is 7.71. The zero-order valence-electron chi connectivity index (χ0n) is 12.7. The average molecular weight is 297 g/mol. The number of nitrogens with one attached hydrogen (secondary N) is 2. The molecule has 0 spiro atoms. The number of hydrogen-bond donors (Lipinski definition) is 2. The summed E-state index contributed by atoms with van der Waals surface area (Å²) < 4.78 is 6.06. The number of aromatic nitrogens is 1. The van der Waals surface area contributed by atoms with Crippen molar-refractivity contribution in [3.8, 4) is 0 Å². The maximum atomic E-state index is 11.0. The van der Waals surface area contributed by atoms with Crippen LogP contribution in [-0.2, 0) is 16.1 Å². The molecule has 112 valence electrons. The van der Waals surface area contributed by atoms with Crippen LogP contribution in [0, 0.1) is 0 Å². The van der Waals surface area contributed by atoms with E-state index in [1.165, 1.54) is 18.3 Å². The highest BCUT2D eigenvalue weighted by molar-refractivity contribution is 7.13. The molecule has 2 heterocycles. The molecule has 5 nitrogen and oxygen atoms in total. The Morgan fingerprint density at radius 3 is 2.75 bits per heavy atom. The number of carbonyl (C=O) groups is 1. The second-order valence-electron chi connectivity index (χ2n) is 6.43. The van der Waals surface area contributed by atoms with E-state index in [0.717, 1.165) is 12.1 Å². The van der Waals surface area contributed by atoms with Crippen molar-refractivity contribution < 1.29 is 9.53 Å². The summed E-state index contributed by atoms with van der Waals surface area (Å²) >= 11 is 1.45. The number of thiazole rings is 1. The third-order valence-corrected chi connectivity index (χ3v) is 4.25. The fourth-order valence-corrected chi connectivity index (χ4v) is 3.46. The van der Waals surface area contributed by atoms with E-state index in [2.05, 4.69) is 43.3 Å². The Morgan fingerprint density at radius 2 is 2.20 bits per heavy atom. The monoisotopic (exact) mass is 297 g/mol. The van der Waals surface area contributed by atoms with Gasteiger partial charge in [0.05, 0.1) is 16.9 Å². The topological polar surface area (TPSA) is 63.2 Å². The zero-order chi connectivity index (χ0) is 15.0. The molecule has 1 amide bonds. The van der Waals surface area contributed by atoms with Crippen LogP contribution >= 0.6 is 11.3 Å². The lowest BCUT2D eigenvalue weighted by molar-refractivity contribution is -0.114. The van der Waals surface area contributed by atoms with Crippen LogP contribution in [0.4, 0.5) is 5.13 Å². The van der Waals surface area contributed by atoms with Crippen LogP contribution in [-0.4, -0.2) is 28.1 Å². The van der Waals surface area contributed by atoms with Crippen molar-refractivity contribution in [3.63, 3.8) is 0 Å². The Hall–Kier alpha value is -0.980. The fourth-order valence-electron chi connectivity index (χ4n) is 2.70. The highest BCUT2D eigenvalue weighted by atomic mass is 32.1. The highest BCUT2D eigenvalue weighted by Gasteiger charge is 2.45. The Morgan fingerprint density at radius 1 is 1.50 bits per heavy atom. The van der Waals surface area contributed by atoms with Crippen LogP contribution in [0.1, 0.15) is 46.7 Å². The Balaban J connectivity index is 1.92. The van der Waals surface area contributed by atoms with E-state index in [-0.39, 0.29) is 17.1 Å². The minimum Gasteiger partial charge on any atom is -0.368 e. The van der Waals surface area contributed by atoms with Crippen LogP contribution in [0.25, 0.3) is 0 Å². The molecule has 6 heteroatoms. The standard InChI is InChI=1S/C14H23N3O2S/c1-9(18)16-12-17-10(8-20-12)7-15-11-6-13(2,3)19-14(11,4)5/h8,11,15H,6-7H2,1-5H3,(H,16,17,18)/t11-/m1/s1. The first kappa shape index (κ1) is 15.4. The molecule has 1 fully saturated rings. The van der Waals surface area contributed by atoms with E-state index in [0.29, 0.717) is 17.7 Å². The summed E-state index contributed by atoms with van der Waals surface area (Å²) in [5.74, 6) is -0.0917. The molecule has 0 unspecified atom stereocenters. The molecule has 0 aliphatic carbocycles. The fraction of sp³-hybridized carbons (Fsp3) is 0.714. The SMILES string of the molecule is CC(=O)Nc1nc(CN[C@@H]2CC(C)(C)OC2(C)C)cs1. The summed E-state index contributed by atoms with van der Waals surface area (Å²) in [4.78, 5) is 15.3. The molecule has 1 aromatic rings. The smallest absolute Gasteiger partial charge is 0.223 e. The number of carbonyl (C=O) groups excluding carboxylic acids is 1. The predicted molar refractivity (Wildman–Crippen MR) is 80.9 cm³/mol. The van der Waals surface area contributed by atoms with Crippen molar-refractivity contribution in [1.82, 2.24) is 10.3 Å². The molecule has 20 heavy (non-hydrogen) atoms. The van der Waals surface area contributed by atoms with Crippen LogP contribution in [0.3, 0.4) is 0 Å². The summed E-state index contributed by atoms with van der Waals surface area (Å²) in [6, 6.07) is 0.295. The van der Waals surface area contributed by atoms with Gasteiger partial charge in [-0.1, -0.05) is 0 Å². The van der Waals surface area contributed by atoms with Gasteiger partial charge in [-0.3, -0.25) is 4.79 Å². The first-order valence-electron chi connectivity index (χ1n) is 6.83. The minimum atomic E-state index is -0.181. The second kappa shape index (κ2) is 5.42. The van der Waals surface area contributed by atoms with Crippen molar-refractivity contribution >= 4 is 22.4 Å². The van der Waals surface area contributed by atoms with E-state index < -0.39 is 0 Å². The van der Waals surface area contributed by atoms with Gasteiger partial charge in [-0.05, 0) is 34.1 Å². The lowest BCUT2D eigenvalue weighted by atomic mass is 9.94. The van der Waals surface area contributed by atoms with Gasteiger partial charge in [-0.2, -0.15) is 0 Å². The van der Waals surface area contributed by atoms with Crippen molar-refractivity contribution in [1.29, 1.82) is 0 Å². The van der Waals surface area contributed by atoms with E-state index in [1.807, 2.05) is 5.38 Å². The van der Waals surface area contributed by atoms with Crippen LogP contribution in [0.2, 0.25) is 0 Å². The van der Waals surface area contributed by atoms with E-state index in [1.54, 1.807) is 0 Å². The third-order valence-electron chi connectivity index (χ3n) is 3.44. The number of ether oxygens (including phenoxy) is 1. The summed E-state index contributed by atoms with van der Waals surface area (Å²) in [5, 5.41) is 8.83.